The molecule has 0 amide bonds. The molecule has 2 heteroatoms. The highest BCUT2D eigenvalue weighted by Crippen LogP contribution is 2.04. The lowest BCUT2D eigenvalue weighted by atomic mass is 10.2. The van der Waals surface area contributed by atoms with Gasteiger partial charge in [0.1, 0.15) is 0 Å². The second-order valence-corrected chi connectivity index (χ2v) is 3.00. The molecule has 0 aliphatic rings. The standard InChI is InChI=1S/C8H19NO/c1-5-8(6-10)9(4)7(2)3/h7-8,10H,5-6H2,1-4H3/t8-/m1/s1. The van der Waals surface area contributed by atoms with Crippen LogP contribution < -0.4 is 0 Å². The van der Waals surface area contributed by atoms with Crippen molar-refractivity contribution in [3.8, 4) is 0 Å². The summed E-state index contributed by atoms with van der Waals surface area (Å²) in [5.41, 5.74) is 0. The minimum Gasteiger partial charge on any atom is -0.395 e. The third-order valence-corrected chi connectivity index (χ3v) is 2.07. The summed E-state index contributed by atoms with van der Waals surface area (Å²) in [5.74, 6) is 0. The number of aliphatic hydroxyl groups is 1. The summed E-state index contributed by atoms with van der Waals surface area (Å²) in [6.07, 6.45) is 1.02. The molecule has 0 bridgehead atoms. The van der Waals surface area contributed by atoms with Crippen LogP contribution in [-0.2, 0) is 0 Å². The average molecular weight is 145 g/mol. The molecule has 0 aliphatic heterocycles. The number of likely N-dealkylation sites (N-methyl/N-ethyl adjacent to an activating group) is 1. The molecule has 0 rings (SSSR count). The molecule has 10 heavy (non-hydrogen) atoms. The summed E-state index contributed by atoms with van der Waals surface area (Å²) < 4.78 is 0. The second kappa shape index (κ2) is 4.69. The summed E-state index contributed by atoms with van der Waals surface area (Å²) in [6, 6.07) is 0.858. The van der Waals surface area contributed by atoms with Crippen molar-refractivity contribution >= 4 is 0 Å². The zero-order valence-corrected chi connectivity index (χ0v) is 7.46. The molecular weight excluding hydrogens is 126 g/mol. The maximum atomic E-state index is 8.90. The van der Waals surface area contributed by atoms with Gasteiger partial charge in [-0.25, -0.2) is 0 Å². The minimum atomic E-state index is 0.269. The Hall–Kier alpha value is -0.0800. The molecule has 0 saturated carbocycles. The fourth-order valence-electron chi connectivity index (χ4n) is 0.968. The Bertz CT molecular complexity index is 79.3. The molecule has 0 radical (unpaired) electrons. The minimum absolute atomic E-state index is 0.269. The molecule has 0 aromatic rings. The molecule has 0 aromatic heterocycles. The van der Waals surface area contributed by atoms with Crippen molar-refractivity contribution in [3.05, 3.63) is 0 Å². The summed E-state index contributed by atoms with van der Waals surface area (Å²) in [4.78, 5) is 2.19. The van der Waals surface area contributed by atoms with E-state index in [-0.39, 0.29) is 6.61 Å². The summed E-state index contributed by atoms with van der Waals surface area (Å²) in [6.45, 7) is 6.64. The van der Waals surface area contributed by atoms with Gasteiger partial charge in [0.15, 0.2) is 0 Å². The second-order valence-electron chi connectivity index (χ2n) is 3.00. The lowest BCUT2D eigenvalue weighted by molar-refractivity contribution is 0.119. The first-order valence-corrected chi connectivity index (χ1v) is 3.96. The highest BCUT2D eigenvalue weighted by Gasteiger charge is 2.13. The van der Waals surface area contributed by atoms with E-state index in [0.717, 1.165) is 6.42 Å². The van der Waals surface area contributed by atoms with Crippen LogP contribution >= 0.6 is 0 Å². The van der Waals surface area contributed by atoms with E-state index in [9.17, 15) is 0 Å². The molecular formula is C8H19NO. The topological polar surface area (TPSA) is 23.5 Å². The Morgan fingerprint density at radius 3 is 2.00 bits per heavy atom. The van der Waals surface area contributed by atoms with Gasteiger partial charge in [-0.1, -0.05) is 6.92 Å². The summed E-state index contributed by atoms with van der Waals surface area (Å²) >= 11 is 0. The zero-order chi connectivity index (χ0) is 8.15. The SMILES string of the molecule is CC[C@H](CO)N(C)C(C)C. The number of nitrogens with zero attached hydrogens (tertiary/aromatic N) is 1. The largest absolute Gasteiger partial charge is 0.395 e. The molecule has 0 aromatic carbocycles. The lowest BCUT2D eigenvalue weighted by Gasteiger charge is -2.28. The van der Waals surface area contributed by atoms with Crippen molar-refractivity contribution in [2.45, 2.75) is 39.3 Å². The van der Waals surface area contributed by atoms with E-state index in [4.69, 9.17) is 5.11 Å². The van der Waals surface area contributed by atoms with E-state index < -0.39 is 0 Å². The van der Waals surface area contributed by atoms with Crippen molar-refractivity contribution in [2.24, 2.45) is 0 Å². The molecule has 0 saturated heterocycles. The van der Waals surface area contributed by atoms with Gasteiger partial charge in [-0.3, -0.25) is 4.90 Å². The van der Waals surface area contributed by atoms with Crippen LogP contribution in [0.1, 0.15) is 27.2 Å². The molecule has 1 atom stereocenters. The number of hydrogen-bond acceptors (Lipinski definition) is 2. The smallest absolute Gasteiger partial charge is 0.0586 e. The fraction of sp³-hybridized carbons (Fsp3) is 1.00. The van der Waals surface area contributed by atoms with Crippen LogP contribution in [0.25, 0.3) is 0 Å². The van der Waals surface area contributed by atoms with Gasteiger partial charge in [0.2, 0.25) is 0 Å². The maximum absolute atomic E-state index is 8.90. The Morgan fingerprint density at radius 2 is 1.90 bits per heavy atom. The van der Waals surface area contributed by atoms with E-state index in [1.54, 1.807) is 0 Å². The van der Waals surface area contributed by atoms with Gasteiger partial charge in [0, 0.05) is 12.1 Å². The van der Waals surface area contributed by atoms with Gasteiger partial charge in [-0.15, -0.1) is 0 Å². The van der Waals surface area contributed by atoms with Crippen molar-refractivity contribution in [2.75, 3.05) is 13.7 Å². The Kier molecular flexibility index (Phi) is 4.65. The zero-order valence-electron chi connectivity index (χ0n) is 7.46. The van der Waals surface area contributed by atoms with E-state index >= 15 is 0 Å². The first-order valence-electron chi connectivity index (χ1n) is 3.96. The number of aliphatic hydroxyl groups excluding tert-OH is 1. The third kappa shape index (κ3) is 2.67. The fourth-order valence-corrected chi connectivity index (χ4v) is 0.968. The monoisotopic (exact) mass is 145 g/mol. The lowest BCUT2D eigenvalue weighted by Crippen LogP contribution is -2.38. The van der Waals surface area contributed by atoms with Crippen molar-refractivity contribution in [1.29, 1.82) is 0 Å². The van der Waals surface area contributed by atoms with Crippen LogP contribution in [0.4, 0.5) is 0 Å². The Morgan fingerprint density at radius 1 is 1.40 bits per heavy atom. The van der Waals surface area contributed by atoms with Gasteiger partial charge in [0.25, 0.3) is 0 Å². The molecule has 0 heterocycles. The van der Waals surface area contributed by atoms with Gasteiger partial charge < -0.3 is 5.11 Å². The van der Waals surface area contributed by atoms with Gasteiger partial charge >= 0.3 is 0 Å². The van der Waals surface area contributed by atoms with Crippen LogP contribution in [-0.4, -0.2) is 35.7 Å². The Labute approximate surface area is 63.8 Å². The van der Waals surface area contributed by atoms with Crippen LogP contribution in [0, 0.1) is 0 Å². The molecule has 2 nitrogen and oxygen atoms in total. The third-order valence-electron chi connectivity index (χ3n) is 2.07. The summed E-state index contributed by atoms with van der Waals surface area (Å²) in [5, 5.41) is 8.90. The van der Waals surface area contributed by atoms with E-state index in [1.807, 2.05) is 0 Å². The molecule has 0 aliphatic carbocycles. The van der Waals surface area contributed by atoms with Crippen molar-refractivity contribution in [3.63, 3.8) is 0 Å². The highest BCUT2D eigenvalue weighted by atomic mass is 16.3. The van der Waals surface area contributed by atoms with Crippen LogP contribution in [0.2, 0.25) is 0 Å². The number of rotatable bonds is 4. The number of hydrogen-bond donors (Lipinski definition) is 1. The quantitative estimate of drug-likeness (QED) is 0.640. The van der Waals surface area contributed by atoms with E-state index in [2.05, 4.69) is 32.7 Å². The van der Waals surface area contributed by atoms with E-state index in [1.165, 1.54) is 0 Å². The average Bonchev–Trinajstić information content (AvgIpc) is 1.90. The predicted molar refractivity (Wildman–Crippen MR) is 44.1 cm³/mol. The first kappa shape index (κ1) is 9.92. The van der Waals surface area contributed by atoms with Crippen LogP contribution in [0.3, 0.4) is 0 Å². The predicted octanol–water partition coefficient (Wildman–Crippen LogP) is 1.10. The first-order chi connectivity index (χ1) is 4.63. The maximum Gasteiger partial charge on any atom is 0.0586 e. The van der Waals surface area contributed by atoms with Crippen LogP contribution in [0.5, 0.6) is 0 Å². The summed E-state index contributed by atoms with van der Waals surface area (Å²) in [7, 11) is 2.05. The Balaban J connectivity index is 3.76. The van der Waals surface area contributed by atoms with E-state index in [0.29, 0.717) is 12.1 Å². The highest BCUT2D eigenvalue weighted by molar-refractivity contribution is 4.68. The van der Waals surface area contributed by atoms with Gasteiger partial charge in [-0.2, -0.15) is 0 Å². The molecule has 1 N–H and O–H groups in total. The van der Waals surface area contributed by atoms with Gasteiger partial charge in [0.05, 0.1) is 6.61 Å². The normalized spacial score (nSPS) is 14.7. The van der Waals surface area contributed by atoms with Crippen molar-refractivity contribution in [1.82, 2.24) is 4.90 Å². The van der Waals surface area contributed by atoms with Gasteiger partial charge in [-0.05, 0) is 27.3 Å². The molecule has 0 unspecified atom stereocenters. The molecule has 0 fully saturated rings. The van der Waals surface area contributed by atoms with Crippen LogP contribution in [0.15, 0.2) is 0 Å². The molecule has 0 spiro atoms. The molecule has 62 valence electrons. The van der Waals surface area contributed by atoms with Crippen molar-refractivity contribution < 1.29 is 5.11 Å².